The second-order valence-corrected chi connectivity index (χ2v) is 8.02. The molecule has 148 valence electrons. The Hall–Kier alpha value is -2.40. The van der Waals surface area contributed by atoms with Crippen LogP contribution in [0.3, 0.4) is 0 Å². The Morgan fingerprint density at radius 1 is 1.29 bits per heavy atom. The third kappa shape index (κ3) is 3.63. The van der Waals surface area contributed by atoms with E-state index in [-0.39, 0.29) is 6.10 Å². The molecule has 0 amide bonds. The zero-order chi connectivity index (χ0) is 19.7. The van der Waals surface area contributed by atoms with Crippen LogP contribution in [0.25, 0.3) is 22.3 Å². The maximum Gasteiger partial charge on any atom is 0.135 e. The van der Waals surface area contributed by atoms with E-state index in [2.05, 4.69) is 56.2 Å². The van der Waals surface area contributed by atoms with Gasteiger partial charge in [-0.25, -0.2) is 9.97 Å². The van der Waals surface area contributed by atoms with E-state index in [4.69, 9.17) is 14.7 Å². The third-order valence-electron chi connectivity index (χ3n) is 5.58. The summed E-state index contributed by atoms with van der Waals surface area (Å²) in [7, 11) is 0. The van der Waals surface area contributed by atoms with E-state index in [0.29, 0.717) is 5.92 Å². The number of rotatable bonds is 6. The number of hydrogen-bond donors (Lipinski definition) is 2. The maximum absolute atomic E-state index is 5.80. The fourth-order valence-electron chi connectivity index (χ4n) is 3.86. The van der Waals surface area contributed by atoms with Gasteiger partial charge < -0.3 is 15.0 Å². The SMILES string of the molecule is CCc1cc2[nH]cc(C)c2nc1-c1ccc(C(C)C)nc1NC[C@@H]1CCCO1. The van der Waals surface area contributed by atoms with Gasteiger partial charge >= 0.3 is 0 Å². The molecule has 1 atom stereocenters. The summed E-state index contributed by atoms with van der Waals surface area (Å²) in [4.78, 5) is 13.3. The second kappa shape index (κ2) is 7.92. The monoisotopic (exact) mass is 378 g/mol. The summed E-state index contributed by atoms with van der Waals surface area (Å²) < 4.78 is 5.80. The van der Waals surface area contributed by atoms with Crippen molar-refractivity contribution in [2.75, 3.05) is 18.5 Å². The number of ether oxygens (including phenoxy) is 1. The second-order valence-electron chi connectivity index (χ2n) is 8.02. The number of nitrogens with zero attached hydrogens (tertiary/aromatic N) is 2. The zero-order valence-corrected chi connectivity index (χ0v) is 17.3. The molecule has 3 aromatic rings. The molecular formula is C23H30N4O. The molecule has 0 bridgehead atoms. The number of aromatic amines is 1. The van der Waals surface area contributed by atoms with Crippen molar-refractivity contribution < 1.29 is 4.74 Å². The molecule has 0 saturated carbocycles. The van der Waals surface area contributed by atoms with Gasteiger partial charge in [-0.05, 0) is 61.4 Å². The standard InChI is InChI=1S/C23H30N4O/c1-5-16-11-20-21(15(4)12-24-20)27-22(16)18-8-9-19(14(2)3)26-23(18)25-13-17-7-6-10-28-17/h8-9,11-12,14,17,24H,5-7,10,13H2,1-4H3,(H,25,26)/t17-/m0/s1. The number of aromatic nitrogens is 3. The molecule has 1 aliphatic heterocycles. The van der Waals surface area contributed by atoms with Crippen molar-refractivity contribution in [2.24, 2.45) is 0 Å². The number of H-pyrrole nitrogens is 1. The molecule has 0 aliphatic carbocycles. The Labute approximate surface area is 166 Å². The average molecular weight is 379 g/mol. The van der Waals surface area contributed by atoms with E-state index in [0.717, 1.165) is 66.2 Å². The molecular weight excluding hydrogens is 348 g/mol. The normalized spacial score (nSPS) is 17.0. The van der Waals surface area contributed by atoms with Crippen LogP contribution in [0.2, 0.25) is 0 Å². The molecule has 1 saturated heterocycles. The molecule has 28 heavy (non-hydrogen) atoms. The molecule has 0 radical (unpaired) electrons. The smallest absolute Gasteiger partial charge is 0.135 e. The van der Waals surface area contributed by atoms with Gasteiger partial charge in [-0.1, -0.05) is 20.8 Å². The first-order valence-electron chi connectivity index (χ1n) is 10.4. The van der Waals surface area contributed by atoms with Crippen LogP contribution in [0.1, 0.15) is 56.4 Å². The van der Waals surface area contributed by atoms with Gasteiger partial charge in [0, 0.05) is 30.6 Å². The summed E-state index contributed by atoms with van der Waals surface area (Å²) in [5.41, 5.74) is 7.71. The van der Waals surface area contributed by atoms with Gasteiger partial charge in [0.25, 0.3) is 0 Å². The molecule has 4 rings (SSSR count). The number of fused-ring (bicyclic) bond motifs is 1. The van der Waals surface area contributed by atoms with E-state index in [1.165, 1.54) is 11.1 Å². The quantitative estimate of drug-likeness (QED) is 0.618. The lowest BCUT2D eigenvalue weighted by atomic mass is 10.0. The molecule has 3 aromatic heterocycles. The van der Waals surface area contributed by atoms with Crippen LogP contribution in [0, 0.1) is 6.92 Å². The highest BCUT2D eigenvalue weighted by molar-refractivity contribution is 5.85. The van der Waals surface area contributed by atoms with Gasteiger partial charge in [0.05, 0.1) is 22.8 Å². The summed E-state index contributed by atoms with van der Waals surface area (Å²) in [6.45, 7) is 10.3. The summed E-state index contributed by atoms with van der Waals surface area (Å²) in [6, 6.07) is 6.53. The fourth-order valence-corrected chi connectivity index (χ4v) is 3.86. The molecule has 1 fully saturated rings. The van der Waals surface area contributed by atoms with E-state index >= 15 is 0 Å². The molecule has 0 spiro atoms. The molecule has 5 nitrogen and oxygen atoms in total. The average Bonchev–Trinajstić information content (AvgIpc) is 3.35. The van der Waals surface area contributed by atoms with Crippen molar-refractivity contribution in [3.05, 3.63) is 41.2 Å². The van der Waals surface area contributed by atoms with Crippen molar-refractivity contribution in [1.29, 1.82) is 0 Å². The van der Waals surface area contributed by atoms with Crippen molar-refractivity contribution in [3.63, 3.8) is 0 Å². The molecule has 1 aliphatic rings. The number of hydrogen-bond acceptors (Lipinski definition) is 4. The van der Waals surface area contributed by atoms with Gasteiger partial charge in [-0.3, -0.25) is 0 Å². The van der Waals surface area contributed by atoms with E-state index in [1.807, 2.05) is 6.20 Å². The van der Waals surface area contributed by atoms with E-state index in [9.17, 15) is 0 Å². The van der Waals surface area contributed by atoms with E-state index < -0.39 is 0 Å². The van der Waals surface area contributed by atoms with Gasteiger partial charge in [0.2, 0.25) is 0 Å². The van der Waals surface area contributed by atoms with Crippen molar-refractivity contribution in [2.45, 2.75) is 59.0 Å². The highest BCUT2D eigenvalue weighted by Crippen LogP contribution is 2.33. The minimum atomic E-state index is 0.269. The lowest BCUT2D eigenvalue weighted by molar-refractivity contribution is 0.120. The Bertz CT molecular complexity index is 970. The Morgan fingerprint density at radius 3 is 2.86 bits per heavy atom. The predicted octanol–water partition coefficient (Wildman–Crippen LogP) is 5.21. The van der Waals surface area contributed by atoms with Gasteiger partial charge in [0.1, 0.15) is 5.82 Å². The molecule has 0 unspecified atom stereocenters. The van der Waals surface area contributed by atoms with Gasteiger partial charge in [0.15, 0.2) is 0 Å². The minimum absolute atomic E-state index is 0.269. The van der Waals surface area contributed by atoms with Crippen LogP contribution < -0.4 is 5.32 Å². The summed E-state index contributed by atoms with van der Waals surface area (Å²) in [5, 5.41) is 3.57. The van der Waals surface area contributed by atoms with Crippen LogP contribution in [0.4, 0.5) is 5.82 Å². The topological polar surface area (TPSA) is 62.8 Å². The summed E-state index contributed by atoms with van der Waals surface area (Å²) >= 11 is 0. The van der Waals surface area contributed by atoms with Crippen molar-refractivity contribution >= 4 is 16.9 Å². The summed E-state index contributed by atoms with van der Waals surface area (Å²) in [6.07, 6.45) is 5.47. The first-order valence-corrected chi connectivity index (χ1v) is 10.4. The number of pyridine rings is 2. The van der Waals surface area contributed by atoms with Crippen molar-refractivity contribution in [1.82, 2.24) is 15.0 Å². The van der Waals surface area contributed by atoms with Crippen LogP contribution in [-0.4, -0.2) is 34.2 Å². The Morgan fingerprint density at radius 2 is 2.14 bits per heavy atom. The Kier molecular flexibility index (Phi) is 5.36. The maximum atomic E-state index is 5.80. The highest BCUT2D eigenvalue weighted by Gasteiger charge is 2.19. The third-order valence-corrected chi connectivity index (χ3v) is 5.58. The summed E-state index contributed by atoms with van der Waals surface area (Å²) in [5.74, 6) is 1.29. The Balaban J connectivity index is 1.78. The number of aryl methyl sites for hydroxylation is 2. The molecule has 0 aromatic carbocycles. The number of anilines is 1. The number of nitrogens with one attached hydrogen (secondary N) is 2. The van der Waals surface area contributed by atoms with Crippen LogP contribution in [-0.2, 0) is 11.2 Å². The van der Waals surface area contributed by atoms with Crippen LogP contribution in [0.15, 0.2) is 24.4 Å². The molecule has 4 heterocycles. The minimum Gasteiger partial charge on any atom is -0.376 e. The van der Waals surface area contributed by atoms with E-state index in [1.54, 1.807) is 0 Å². The molecule has 5 heteroatoms. The predicted molar refractivity (Wildman–Crippen MR) is 115 cm³/mol. The fraction of sp³-hybridized carbons (Fsp3) is 0.478. The first kappa shape index (κ1) is 18.9. The van der Waals surface area contributed by atoms with Crippen molar-refractivity contribution in [3.8, 4) is 11.3 Å². The van der Waals surface area contributed by atoms with Crippen LogP contribution in [0.5, 0.6) is 0 Å². The van der Waals surface area contributed by atoms with Gasteiger partial charge in [-0.2, -0.15) is 0 Å². The lowest BCUT2D eigenvalue weighted by Crippen LogP contribution is -2.20. The lowest BCUT2D eigenvalue weighted by Gasteiger charge is -2.18. The largest absolute Gasteiger partial charge is 0.376 e. The highest BCUT2D eigenvalue weighted by atomic mass is 16.5. The molecule has 2 N–H and O–H groups in total. The van der Waals surface area contributed by atoms with Gasteiger partial charge in [-0.15, -0.1) is 0 Å². The zero-order valence-electron chi connectivity index (χ0n) is 17.3. The first-order chi connectivity index (χ1) is 13.6. The van der Waals surface area contributed by atoms with Crippen LogP contribution >= 0.6 is 0 Å².